The maximum Gasteiger partial charge on any atom is 0.326 e. The second-order valence-corrected chi connectivity index (χ2v) is 6.19. The van der Waals surface area contributed by atoms with E-state index in [1.807, 2.05) is 0 Å². The summed E-state index contributed by atoms with van der Waals surface area (Å²) in [5.41, 5.74) is 25.9. The predicted molar refractivity (Wildman–Crippen MR) is 102 cm³/mol. The van der Waals surface area contributed by atoms with Crippen molar-refractivity contribution in [1.82, 2.24) is 10.6 Å². The van der Waals surface area contributed by atoms with Crippen molar-refractivity contribution in [2.75, 3.05) is 6.54 Å². The second kappa shape index (κ2) is 12.9. The molecule has 0 aromatic heterocycles. The maximum atomic E-state index is 12.5. The summed E-state index contributed by atoms with van der Waals surface area (Å²) >= 11 is 0. The van der Waals surface area contributed by atoms with E-state index in [4.69, 9.17) is 28.7 Å². The first-order valence-electron chi connectivity index (χ1n) is 8.65. The van der Waals surface area contributed by atoms with Gasteiger partial charge < -0.3 is 44.4 Å². The van der Waals surface area contributed by atoms with Crippen LogP contribution in [0.25, 0.3) is 0 Å². The number of amides is 4. The lowest BCUT2D eigenvalue weighted by molar-refractivity contribution is -0.142. The average molecular weight is 416 g/mol. The lowest BCUT2D eigenvalue weighted by atomic mass is 10.1. The van der Waals surface area contributed by atoms with Crippen LogP contribution in [0.15, 0.2) is 4.99 Å². The Morgan fingerprint density at radius 2 is 1.45 bits per heavy atom. The number of aliphatic carboxylic acids is 1. The molecule has 0 saturated heterocycles. The molecule has 0 spiro atoms. The number of carbonyl (C=O) groups is 5. The van der Waals surface area contributed by atoms with Gasteiger partial charge in [0.15, 0.2) is 5.96 Å². The fourth-order valence-electron chi connectivity index (χ4n) is 2.18. The molecule has 3 atom stereocenters. The summed E-state index contributed by atoms with van der Waals surface area (Å²) in [5, 5.41) is 13.8. The van der Waals surface area contributed by atoms with Crippen molar-refractivity contribution in [3.05, 3.63) is 0 Å². The molecule has 0 unspecified atom stereocenters. The number of hydrogen-bond acceptors (Lipinski definition) is 7. The number of guanidine groups is 1. The number of nitrogens with two attached hydrogens (primary N) is 5. The Kier molecular flexibility index (Phi) is 11.4. The third-order valence-corrected chi connectivity index (χ3v) is 3.63. The van der Waals surface area contributed by atoms with Crippen molar-refractivity contribution in [2.24, 2.45) is 33.7 Å². The van der Waals surface area contributed by atoms with Crippen LogP contribution in [0.3, 0.4) is 0 Å². The van der Waals surface area contributed by atoms with E-state index in [9.17, 15) is 29.1 Å². The monoisotopic (exact) mass is 416 g/mol. The van der Waals surface area contributed by atoms with E-state index in [-0.39, 0.29) is 38.2 Å². The van der Waals surface area contributed by atoms with Crippen LogP contribution in [-0.4, -0.2) is 65.3 Å². The van der Waals surface area contributed by atoms with Crippen molar-refractivity contribution < 1.29 is 29.1 Å². The number of nitrogens with one attached hydrogen (secondary N) is 2. The summed E-state index contributed by atoms with van der Waals surface area (Å²) in [7, 11) is 0. The minimum absolute atomic E-state index is 0.0415. The van der Waals surface area contributed by atoms with Gasteiger partial charge in [-0.25, -0.2) is 4.79 Å². The van der Waals surface area contributed by atoms with Crippen LogP contribution >= 0.6 is 0 Å². The zero-order chi connectivity index (χ0) is 22.6. The Labute approximate surface area is 166 Å². The number of aliphatic imine (C=N–C) groups is 1. The fourth-order valence-corrected chi connectivity index (χ4v) is 2.18. The van der Waals surface area contributed by atoms with Gasteiger partial charge in [-0.05, 0) is 19.3 Å². The maximum absolute atomic E-state index is 12.5. The number of carbonyl (C=O) groups excluding carboxylic acids is 4. The van der Waals surface area contributed by atoms with Crippen molar-refractivity contribution in [2.45, 2.75) is 50.2 Å². The van der Waals surface area contributed by atoms with E-state index >= 15 is 0 Å². The first kappa shape index (κ1) is 25.6. The molecule has 0 aliphatic carbocycles. The molecule has 0 heterocycles. The summed E-state index contributed by atoms with van der Waals surface area (Å²) in [5.74, 6) is -4.73. The highest BCUT2D eigenvalue weighted by Crippen LogP contribution is 2.04. The molecule has 29 heavy (non-hydrogen) atoms. The molecule has 13 N–H and O–H groups in total. The lowest BCUT2D eigenvalue weighted by Crippen LogP contribution is -2.55. The highest BCUT2D eigenvalue weighted by Gasteiger charge is 2.28. The fraction of sp³-hybridized carbons (Fsp3) is 0.600. The number of carboxylic acid groups (broad SMARTS) is 1. The largest absolute Gasteiger partial charge is 0.480 e. The SMILES string of the molecule is NC(=O)CC[C@H](NC(=O)[C@H](CCCN=C(N)N)NC(=O)[C@@H](N)CC(N)=O)C(=O)O. The van der Waals surface area contributed by atoms with Crippen LogP contribution in [0.4, 0.5) is 0 Å². The number of carboxylic acids is 1. The summed E-state index contributed by atoms with van der Waals surface area (Å²) in [6.45, 7) is 0.152. The van der Waals surface area contributed by atoms with Crippen LogP contribution in [0.5, 0.6) is 0 Å². The molecule has 4 amide bonds. The topological polar surface area (TPSA) is 272 Å². The van der Waals surface area contributed by atoms with Crippen molar-refractivity contribution >= 4 is 35.6 Å². The highest BCUT2D eigenvalue weighted by atomic mass is 16.4. The third kappa shape index (κ3) is 11.8. The Bertz CT molecular complexity index is 649. The summed E-state index contributed by atoms with van der Waals surface area (Å²) in [4.78, 5) is 61.4. The minimum Gasteiger partial charge on any atom is -0.480 e. The number of hydrogen-bond donors (Lipinski definition) is 8. The summed E-state index contributed by atoms with van der Waals surface area (Å²) < 4.78 is 0. The zero-order valence-corrected chi connectivity index (χ0v) is 15.8. The Morgan fingerprint density at radius 3 is 1.93 bits per heavy atom. The van der Waals surface area contributed by atoms with Gasteiger partial charge in [0, 0.05) is 13.0 Å². The number of rotatable bonds is 14. The molecule has 0 rings (SSSR count). The second-order valence-electron chi connectivity index (χ2n) is 6.19. The quantitative estimate of drug-likeness (QED) is 0.0769. The average Bonchev–Trinajstić information content (AvgIpc) is 2.59. The van der Waals surface area contributed by atoms with E-state index < -0.39 is 54.1 Å². The van der Waals surface area contributed by atoms with Crippen LogP contribution in [0, 0.1) is 0 Å². The smallest absolute Gasteiger partial charge is 0.326 e. The molecular weight excluding hydrogens is 388 g/mol. The van der Waals surface area contributed by atoms with Gasteiger partial charge in [-0.1, -0.05) is 0 Å². The van der Waals surface area contributed by atoms with Gasteiger partial charge in [-0.3, -0.25) is 24.2 Å². The highest BCUT2D eigenvalue weighted by molar-refractivity contribution is 5.93. The third-order valence-electron chi connectivity index (χ3n) is 3.63. The van der Waals surface area contributed by atoms with Crippen LogP contribution < -0.4 is 39.3 Å². The minimum atomic E-state index is -1.40. The molecule has 0 saturated carbocycles. The Morgan fingerprint density at radius 1 is 0.862 bits per heavy atom. The van der Waals surface area contributed by atoms with Gasteiger partial charge in [-0.2, -0.15) is 0 Å². The van der Waals surface area contributed by atoms with Gasteiger partial charge in [0.1, 0.15) is 12.1 Å². The first-order valence-corrected chi connectivity index (χ1v) is 8.65. The van der Waals surface area contributed by atoms with Crippen LogP contribution in [0.1, 0.15) is 32.1 Å². The molecule has 0 aliphatic heterocycles. The molecule has 0 aliphatic rings. The van der Waals surface area contributed by atoms with E-state index in [1.165, 1.54) is 0 Å². The van der Waals surface area contributed by atoms with Gasteiger partial charge in [-0.15, -0.1) is 0 Å². The first-order chi connectivity index (χ1) is 13.4. The molecule has 0 aromatic rings. The molecule has 14 heteroatoms. The van der Waals surface area contributed by atoms with Crippen molar-refractivity contribution in [3.63, 3.8) is 0 Å². The molecule has 0 bridgehead atoms. The number of nitrogens with zero attached hydrogens (tertiary/aromatic N) is 1. The van der Waals surface area contributed by atoms with E-state index in [0.29, 0.717) is 0 Å². The Balaban J connectivity index is 5.16. The lowest BCUT2D eigenvalue weighted by Gasteiger charge is -2.22. The standard InChI is InChI=1S/C15H28N8O6/c16-7(6-11(18)25)12(26)22-8(2-1-5-21-15(19)20)13(27)23-9(14(28)29)3-4-10(17)24/h7-9H,1-6,16H2,(H2,17,24)(H2,18,25)(H,22,26)(H,23,27)(H,28,29)(H4,19,20,21)/t7-,8-,9-/m0/s1. The van der Waals surface area contributed by atoms with Gasteiger partial charge in [0.05, 0.1) is 12.5 Å². The molecule has 14 nitrogen and oxygen atoms in total. The number of primary amides is 2. The molecular formula is C15H28N8O6. The molecule has 164 valence electrons. The molecule has 0 aromatic carbocycles. The van der Waals surface area contributed by atoms with E-state index in [0.717, 1.165) is 0 Å². The normalized spacial score (nSPS) is 13.4. The van der Waals surface area contributed by atoms with E-state index in [1.54, 1.807) is 0 Å². The van der Waals surface area contributed by atoms with Gasteiger partial charge in [0.2, 0.25) is 23.6 Å². The zero-order valence-electron chi connectivity index (χ0n) is 15.8. The van der Waals surface area contributed by atoms with Crippen molar-refractivity contribution in [1.29, 1.82) is 0 Å². The van der Waals surface area contributed by atoms with Gasteiger partial charge >= 0.3 is 5.97 Å². The van der Waals surface area contributed by atoms with Crippen LogP contribution in [0.2, 0.25) is 0 Å². The van der Waals surface area contributed by atoms with Crippen LogP contribution in [-0.2, 0) is 24.0 Å². The Hall–Kier alpha value is -3.42. The van der Waals surface area contributed by atoms with E-state index in [2.05, 4.69) is 15.6 Å². The summed E-state index contributed by atoms with van der Waals surface area (Å²) in [6, 6.07) is -3.87. The van der Waals surface area contributed by atoms with Gasteiger partial charge in [0.25, 0.3) is 0 Å². The molecule has 0 radical (unpaired) electrons. The predicted octanol–water partition coefficient (Wildman–Crippen LogP) is -4.44. The van der Waals surface area contributed by atoms with Crippen molar-refractivity contribution in [3.8, 4) is 0 Å². The summed E-state index contributed by atoms with van der Waals surface area (Å²) in [6.07, 6.45) is -0.626. The molecule has 0 fully saturated rings.